The molecule has 7 nitrogen and oxygen atoms in total. The second-order valence-corrected chi connectivity index (χ2v) is 5.59. The summed E-state index contributed by atoms with van der Waals surface area (Å²) < 4.78 is 24.7. The molecule has 1 saturated heterocycles. The standard InChI is InChI=1S/C16H19FN4O3/c1-10(24-9-11-5-4-8-23-11)15(22)19-16-18-14(20-21-16)12-6-2-3-7-13(12)17/h2-3,6-7,10-11H,4-5,8-9H2,1H3,(H2,18,19,20,21,22)/t10-,11-/m1/s1. The molecule has 0 aliphatic carbocycles. The van der Waals surface area contributed by atoms with E-state index in [0.29, 0.717) is 6.61 Å². The maximum absolute atomic E-state index is 13.7. The SMILES string of the molecule is C[C@@H](OC[C@H]1CCCO1)C(=O)Nc1n[nH]c(-c2ccccc2F)n1. The second-order valence-electron chi connectivity index (χ2n) is 5.59. The van der Waals surface area contributed by atoms with E-state index in [1.807, 2.05) is 0 Å². The number of hydrogen-bond donors (Lipinski definition) is 2. The minimum atomic E-state index is -0.662. The van der Waals surface area contributed by atoms with Crippen LogP contribution in [0.2, 0.25) is 0 Å². The van der Waals surface area contributed by atoms with E-state index in [1.165, 1.54) is 6.07 Å². The lowest BCUT2D eigenvalue weighted by Crippen LogP contribution is -2.30. The Morgan fingerprint density at radius 2 is 2.38 bits per heavy atom. The van der Waals surface area contributed by atoms with Gasteiger partial charge in [0.2, 0.25) is 5.95 Å². The van der Waals surface area contributed by atoms with E-state index in [-0.39, 0.29) is 29.3 Å². The molecule has 1 amide bonds. The molecule has 8 heteroatoms. The third-order valence-electron chi connectivity index (χ3n) is 3.77. The van der Waals surface area contributed by atoms with Gasteiger partial charge in [0.1, 0.15) is 11.9 Å². The molecule has 1 fully saturated rings. The molecule has 1 aliphatic heterocycles. The van der Waals surface area contributed by atoms with Crippen molar-refractivity contribution < 1.29 is 18.7 Å². The third-order valence-corrected chi connectivity index (χ3v) is 3.77. The normalized spacial score (nSPS) is 18.5. The summed E-state index contributed by atoms with van der Waals surface area (Å²) in [6.45, 7) is 2.77. The van der Waals surface area contributed by atoms with Gasteiger partial charge in [0, 0.05) is 6.61 Å². The molecule has 1 aliphatic rings. The predicted octanol–water partition coefficient (Wildman–Crippen LogP) is 2.13. The molecule has 2 atom stereocenters. The van der Waals surface area contributed by atoms with Crippen LogP contribution in [0.15, 0.2) is 24.3 Å². The van der Waals surface area contributed by atoms with Crippen molar-refractivity contribution in [3.05, 3.63) is 30.1 Å². The zero-order valence-corrected chi connectivity index (χ0v) is 13.3. The molecular formula is C16H19FN4O3. The molecule has 1 aromatic carbocycles. The van der Waals surface area contributed by atoms with Crippen LogP contribution in [0.25, 0.3) is 11.4 Å². The summed E-state index contributed by atoms with van der Waals surface area (Å²) in [5, 5.41) is 9.03. The first kappa shape index (κ1) is 16.5. The van der Waals surface area contributed by atoms with Gasteiger partial charge in [-0.3, -0.25) is 15.2 Å². The largest absolute Gasteiger partial charge is 0.376 e. The number of ether oxygens (including phenoxy) is 2. The summed E-state index contributed by atoms with van der Waals surface area (Å²) in [7, 11) is 0. The summed E-state index contributed by atoms with van der Waals surface area (Å²) in [6.07, 6.45) is 1.35. The zero-order chi connectivity index (χ0) is 16.9. The molecule has 0 saturated carbocycles. The molecule has 128 valence electrons. The van der Waals surface area contributed by atoms with Gasteiger partial charge in [0.15, 0.2) is 5.82 Å². The molecule has 1 aromatic heterocycles. The van der Waals surface area contributed by atoms with E-state index in [9.17, 15) is 9.18 Å². The Morgan fingerprint density at radius 3 is 3.12 bits per heavy atom. The van der Waals surface area contributed by atoms with E-state index >= 15 is 0 Å². The van der Waals surface area contributed by atoms with Crippen molar-refractivity contribution in [1.82, 2.24) is 15.2 Å². The van der Waals surface area contributed by atoms with Crippen molar-refractivity contribution in [3.63, 3.8) is 0 Å². The number of hydrogen-bond acceptors (Lipinski definition) is 5. The van der Waals surface area contributed by atoms with Gasteiger partial charge < -0.3 is 9.47 Å². The number of carbonyl (C=O) groups is 1. The Kier molecular flexibility index (Phi) is 5.17. The van der Waals surface area contributed by atoms with Gasteiger partial charge >= 0.3 is 0 Å². The number of aromatic amines is 1. The van der Waals surface area contributed by atoms with Crippen LogP contribution in [-0.2, 0) is 14.3 Å². The van der Waals surface area contributed by atoms with Crippen molar-refractivity contribution in [3.8, 4) is 11.4 Å². The zero-order valence-electron chi connectivity index (χ0n) is 13.3. The first-order chi connectivity index (χ1) is 11.6. The number of benzene rings is 1. The smallest absolute Gasteiger partial charge is 0.255 e. The highest BCUT2D eigenvalue weighted by molar-refractivity contribution is 5.92. The molecule has 2 heterocycles. The fraction of sp³-hybridized carbons (Fsp3) is 0.438. The Hall–Kier alpha value is -2.32. The highest BCUT2D eigenvalue weighted by Gasteiger charge is 2.21. The van der Waals surface area contributed by atoms with Crippen LogP contribution < -0.4 is 5.32 Å². The molecule has 0 radical (unpaired) electrons. The molecule has 0 unspecified atom stereocenters. The number of H-pyrrole nitrogens is 1. The lowest BCUT2D eigenvalue weighted by atomic mass is 10.2. The highest BCUT2D eigenvalue weighted by atomic mass is 19.1. The van der Waals surface area contributed by atoms with E-state index in [1.54, 1.807) is 25.1 Å². The summed E-state index contributed by atoms with van der Waals surface area (Å²) in [5.41, 5.74) is 0.285. The minimum absolute atomic E-state index is 0.0522. The summed E-state index contributed by atoms with van der Waals surface area (Å²) in [6, 6.07) is 6.19. The number of carbonyl (C=O) groups excluding carboxylic acids is 1. The Labute approximate surface area is 138 Å². The van der Waals surface area contributed by atoms with Crippen molar-refractivity contribution in [1.29, 1.82) is 0 Å². The van der Waals surface area contributed by atoms with Gasteiger partial charge in [-0.25, -0.2) is 4.39 Å². The number of aromatic nitrogens is 3. The maximum atomic E-state index is 13.7. The van der Waals surface area contributed by atoms with Gasteiger partial charge in [-0.15, -0.1) is 5.10 Å². The van der Waals surface area contributed by atoms with Crippen molar-refractivity contribution in [2.45, 2.75) is 32.0 Å². The first-order valence-electron chi connectivity index (χ1n) is 7.85. The topological polar surface area (TPSA) is 89.1 Å². The highest BCUT2D eigenvalue weighted by Crippen LogP contribution is 2.19. The quantitative estimate of drug-likeness (QED) is 0.845. The van der Waals surface area contributed by atoms with Gasteiger partial charge in [0.25, 0.3) is 5.91 Å². The molecule has 24 heavy (non-hydrogen) atoms. The number of amides is 1. The van der Waals surface area contributed by atoms with Crippen molar-refractivity contribution in [2.75, 3.05) is 18.5 Å². The van der Waals surface area contributed by atoms with Crippen LogP contribution in [0.5, 0.6) is 0 Å². The average molecular weight is 334 g/mol. The molecular weight excluding hydrogens is 315 g/mol. The summed E-state index contributed by atoms with van der Waals surface area (Å²) in [5.74, 6) is -0.464. The molecule has 0 bridgehead atoms. The summed E-state index contributed by atoms with van der Waals surface area (Å²) >= 11 is 0. The predicted molar refractivity (Wildman–Crippen MR) is 84.8 cm³/mol. The van der Waals surface area contributed by atoms with Gasteiger partial charge in [0.05, 0.1) is 18.3 Å². The maximum Gasteiger partial charge on any atom is 0.255 e. The van der Waals surface area contributed by atoms with E-state index in [4.69, 9.17) is 9.47 Å². The van der Waals surface area contributed by atoms with E-state index in [0.717, 1.165) is 19.4 Å². The minimum Gasteiger partial charge on any atom is -0.376 e. The van der Waals surface area contributed by atoms with E-state index in [2.05, 4.69) is 20.5 Å². The Bertz CT molecular complexity index is 700. The molecule has 2 N–H and O–H groups in total. The second kappa shape index (κ2) is 7.50. The van der Waals surface area contributed by atoms with Gasteiger partial charge in [-0.05, 0) is 31.9 Å². The van der Waals surface area contributed by atoms with Crippen molar-refractivity contribution in [2.24, 2.45) is 0 Å². The van der Waals surface area contributed by atoms with Crippen LogP contribution in [0.3, 0.4) is 0 Å². The fourth-order valence-corrected chi connectivity index (χ4v) is 2.41. The number of rotatable bonds is 6. The van der Waals surface area contributed by atoms with Crippen LogP contribution in [0.1, 0.15) is 19.8 Å². The lowest BCUT2D eigenvalue weighted by Gasteiger charge is -2.15. The third kappa shape index (κ3) is 3.95. The lowest BCUT2D eigenvalue weighted by molar-refractivity contribution is -0.128. The van der Waals surface area contributed by atoms with Crippen LogP contribution in [0.4, 0.5) is 10.3 Å². The number of nitrogens with one attached hydrogen (secondary N) is 2. The van der Waals surface area contributed by atoms with Gasteiger partial charge in [-0.2, -0.15) is 4.98 Å². The number of anilines is 1. The fourth-order valence-electron chi connectivity index (χ4n) is 2.41. The number of halogens is 1. The molecule has 0 spiro atoms. The summed E-state index contributed by atoms with van der Waals surface area (Å²) in [4.78, 5) is 16.2. The van der Waals surface area contributed by atoms with Crippen LogP contribution >= 0.6 is 0 Å². The number of nitrogens with zero attached hydrogens (tertiary/aromatic N) is 2. The van der Waals surface area contributed by atoms with Crippen LogP contribution in [0, 0.1) is 5.82 Å². The Morgan fingerprint density at radius 1 is 1.54 bits per heavy atom. The van der Waals surface area contributed by atoms with Crippen LogP contribution in [-0.4, -0.2) is 46.5 Å². The Balaban J connectivity index is 1.55. The first-order valence-corrected chi connectivity index (χ1v) is 7.85. The van der Waals surface area contributed by atoms with E-state index < -0.39 is 11.9 Å². The average Bonchev–Trinajstić information content (AvgIpc) is 3.24. The molecule has 3 rings (SSSR count). The monoisotopic (exact) mass is 334 g/mol. The van der Waals surface area contributed by atoms with Gasteiger partial charge in [-0.1, -0.05) is 12.1 Å². The van der Waals surface area contributed by atoms with Crippen molar-refractivity contribution >= 4 is 11.9 Å². The molecule has 2 aromatic rings.